The smallest absolute Gasteiger partial charge is 0.265 e. The highest BCUT2D eigenvalue weighted by Gasteiger charge is 2.15. The molecule has 0 aliphatic rings. The highest BCUT2D eigenvalue weighted by molar-refractivity contribution is 5.82. The van der Waals surface area contributed by atoms with E-state index in [0.717, 1.165) is 11.3 Å². The van der Waals surface area contributed by atoms with E-state index >= 15 is 0 Å². The number of imidazole rings is 1. The number of hydrogen-bond acceptors (Lipinski definition) is 5. The highest BCUT2D eigenvalue weighted by atomic mass is 16.1. The van der Waals surface area contributed by atoms with Crippen molar-refractivity contribution in [2.45, 2.75) is 13.8 Å². The summed E-state index contributed by atoms with van der Waals surface area (Å²) in [5, 5.41) is 10.1. The van der Waals surface area contributed by atoms with Crippen LogP contribution in [0.5, 0.6) is 0 Å². The number of aromatic nitrogens is 2. The van der Waals surface area contributed by atoms with E-state index in [1.165, 1.54) is 4.40 Å². The third-order valence-electron chi connectivity index (χ3n) is 4.68. The number of nitriles is 1. The predicted octanol–water partition coefficient (Wildman–Crippen LogP) is 2.41. The zero-order valence-electron chi connectivity index (χ0n) is 14.9. The molecule has 0 saturated heterocycles. The second-order valence-electron chi connectivity index (χ2n) is 6.32. The monoisotopic (exact) mass is 355 g/mol. The lowest BCUT2D eigenvalue weighted by molar-refractivity contribution is 1.06. The first-order valence-corrected chi connectivity index (χ1v) is 8.53. The molecule has 0 saturated carbocycles. The lowest BCUT2D eigenvalue weighted by Crippen LogP contribution is -2.36. The summed E-state index contributed by atoms with van der Waals surface area (Å²) >= 11 is 0. The Balaban J connectivity index is 1.90. The van der Waals surface area contributed by atoms with Crippen molar-refractivity contribution in [1.29, 1.82) is 5.26 Å². The summed E-state index contributed by atoms with van der Waals surface area (Å²) in [6, 6.07) is 17.4. The number of rotatable bonds is 3. The molecule has 0 spiro atoms. The van der Waals surface area contributed by atoms with Gasteiger partial charge in [0.05, 0.1) is 27.5 Å². The first-order valence-electron chi connectivity index (χ1n) is 8.53. The molecule has 2 aromatic heterocycles. The fourth-order valence-corrected chi connectivity index (χ4v) is 3.19. The molecule has 4 aromatic rings. The lowest BCUT2D eigenvalue weighted by atomic mass is 10.1. The van der Waals surface area contributed by atoms with E-state index in [1.807, 2.05) is 55.5 Å². The number of aryl methyl sites for hydroxylation is 1. The van der Waals surface area contributed by atoms with Crippen LogP contribution in [0.1, 0.15) is 16.7 Å². The Hall–Kier alpha value is -3.85. The van der Waals surface area contributed by atoms with Gasteiger partial charge in [-0.15, -0.1) is 0 Å². The van der Waals surface area contributed by atoms with Crippen LogP contribution in [0.4, 0.5) is 5.69 Å². The zero-order valence-corrected chi connectivity index (χ0v) is 14.9. The topological polar surface area (TPSA) is 82.2 Å². The van der Waals surface area contributed by atoms with Crippen LogP contribution in [0.25, 0.3) is 22.9 Å². The van der Waals surface area contributed by atoms with Crippen molar-refractivity contribution in [2.75, 3.05) is 5.43 Å². The van der Waals surface area contributed by atoms with Gasteiger partial charge in [-0.05, 0) is 43.2 Å². The van der Waals surface area contributed by atoms with E-state index < -0.39 is 0 Å². The molecule has 0 bridgehead atoms. The molecule has 6 heteroatoms. The third-order valence-corrected chi connectivity index (χ3v) is 4.68. The van der Waals surface area contributed by atoms with Gasteiger partial charge in [0.1, 0.15) is 6.07 Å². The summed E-state index contributed by atoms with van der Waals surface area (Å²) in [6.45, 7) is 3.76. The molecule has 27 heavy (non-hydrogen) atoms. The SMILES string of the molecule is Cc1ccccc1NNC=c1c(C)c(C#N)c2nc3ccccc3n2c1=O. The molecule has 2 aromatic carbocycles. The number of para-hydroxylation sites is 3. The Morgan fingerprint density at radius 3 is 2.63 bits per heavy atom. The van der Waals surface area contributed by atoms with Gasteiger partial charge in [0.15, 0.2) is 5.65 Å². The quantitative estimate of drug-likeness (QED) is 0.552. The van der Waals surface area contributed by atoms with Crippen molar-refractivity contribution >= 4 is 28.6 Å². The maximum atomic E-state index is 13.1. The second-order valence-corrected chi connectivity index (χ2v) is 6.32. The number of anilines is 1. The Labute approximate surface area is 155 Å². The highest BCUT2D eigenvalue weighted by Crippen LogP contribution is 2.17. The minimum absolute atomic E-state index is 0.214. The molecular weight excluding hydrogens is 338 g/mol. The summed E-state index contributed by atoms with van der Waals surface area (Å²) in [7, 11) is 0. The molecule has 0 aliphatic carbocycles. The van der Waals surface area contributed by atoms with Crippen LogP contribution in [0.3, 0.4) is 0 Å². The molecule has 4 rings (SSSR count). The third kappa shape index (κ3) is 2.66. The van der Waals surface area contributed by atoms with Gasteiger partial charge in [-0.1, -0.05) is 30.3 Å². The summed E-state index contributed by atoms with van der Waals surface area (Å²) < 4.78 is 1.50. The molecule has 0 aliphatic heterocycles. The molecule has 0 amide bonds. The van der Waals surface area contributed by atoms with Crippen molar-refractivity contribution < 1.29 is 0 Å². The summed E-state index contributed by atoms with van der Waals surface area (Å²) in [5.41, 5.74) is 10.6. The maximum absolute atomic E-state index is 13.1. The molecule has 2 heterocycles. The maximum Gasteiger partial charge on any atom is 0.265 e. The average molecular weight is 355 g/mol. The molecule has 132 valence electrons. The van der Waals surface area contributed by atoms with Gasteiger partial charge < -0.3 is 10.9 Å². The standard InChI is InChI=1S/C21H17N5O/c1-13-7-3-4-8-17(13)25-23-12-16-14(2)15(11-22)20-24-18-9-5-6-10-19(18)26(20)21(16)27/h3-10,12,23,25H,1-2H3. The van der Waals surface area contributed by atoms with E-state index in [1.54, 1.807) is 13.1 Å². The Morgan fingerprint density at radius 2 is 1.85 bits per heavy atom. The number of hydrogen-bond donors (Lipinski definition) is 2. The molecule has 0 radical (unpaired) electrons. The van der Waals surface area contributed by atoms with Gasteiger partial charge in [0.25, 0.3) is 5.56 Å². The first kappa shape index (κ1) is 16.6. The van der Waals surface area contributed by atoms with Gasteiger partial charge in [0, 0.05) is 6.20 Å². The van der Waals surface area contributed by atoms with Crippen LogP contribution in [0, 0.1) is 25.2 Å². The van der Waals surface area contributed by atoms with E-state index in [2.05, 4.69) is 21.9 Å². The largest absolute Gasteiger partial charge is 0.307 e. The normalized spacial score (nSPS) is 11.7. The second kappa shape index (κ2) is 6.46. The Kier molecular flexibility index (Phi) is 3.98. The molecule has 0 fully saturated rings. The van der Waals surface area contributed by atoms with Gasteiger partial charge in [-0.2, -0.15) is 5.26 Å². The number of fused-ring (bicyclic) bond motifs is 3. The first-order chi connectivity index (χ1) is 13.1. The molecule has 0 unspecified atom stereocenters. The minimum Gasteiger partial charge on any atom is -0.307 e. The van der Waals surface area contributed by atoms with Crippen LogP contribution in [-0.4, -0.2) is 9.38 Å². The van der Waals surface area contributed by atoms with E-state index in [4.69, 9.17) is 0 Å². The van der Waals surface area contributed by atoms with Crippen molar-refractivity contribution in [3.63, 3.8) is 0 Å². The van der Waals surface area contributed by atoms with Gasteiger partial charge in [-0.25, -0.2) is 4.98 Å². The Morgan fingerprint density at radius 1 is 1.11 bits per heavy atom. The molecule has 0 atom stereocenters. The van der Waals surface area contributed by atoms with Crippen LogP contribution in [0.15, 0.2) is 53.3 Å². The summed E-state index contributed by atoms with van der Waals surface area (Å²) in [4.78, 5) is 17.6. The fourth-order valence-electron chi connectivity index (χ4n) is 3.19. The predicted molar refractivity (Wildman–Crippen MR) is 106 cm³/mol. The fraction of sp³-hybridized carbons (Fsp3) is 0.0952. The van der Waals surface area contributed by atoms with E-state index in [0.29, 0.717) is 33.0 Å². The van der Waals surface area contributed by atoms with Crippen molar-refractivity contribution in [2.24, 2.45) is 0 Å². The van der Waals surface area contributed by atoms with Gasteiger partial charge in [0.2, 0.25) is 0 Å². The average Bonchev–Trinajstić information content (AvgIpc) is 3.05. The van der Waals surface area contributed by atoms with Crippen molar-refractivity contribution in [1.82, 2.24) is 14.8 Å². The minimum atomic E-state index is -0.214. The molecule has 2 N–H and O–H groups in total. The van der Waals surface area contributed by atoms with Crippen molar-refractivity contribution in [3.8, 4) is 6.07 Å². The zero-order chi connectivity index (χ0) is 19.0. The van der Waals surface area contributed by atoms with E-state index in [9.17, 15) is 10.1 Å². The molecule has 6 nitrogen and oxygen atoms in total. The van der Waals surface area contributed by atoms with Gasteiger partial charge >= 0.3 is 0 Å². The number of hydrazine groups is 1. The number of nitrogens with one attached hydrogen (secondary N) is 2. The number of pyridine rings is 1. The van der Waals surface area contributed by atoms with Crippen LogP contribution in [-0.2, 0) is 0 Å². The summed E-state index contributed by atoms with van der Waals surface area (Å²) in [6.07, 6.45) is 1.60. The summed E-state index contributed by atoms with van der Waals surface area (Å²) in [5.74, 6) is 0. The van der Waals surface area contributed by atoms with Crippen LogP contribution < -0.4 is 21.6 Å². The van der Waals surface area contributed by atoms with Crippen LogP contribution >= 0.6 is 0 Å². The molecular formula is C21H17N5O. The van der Waals surface area contributed by atoms with E-state index in [-0.39, 0.29) is 5.56 Å². The van der Waals surface area contributed by atoms with Crippen LogP contribution in [0.2, 0.25) is 0 Å². The van der Waals surface area contributed by atoms with Crippen molar-refractivity contribution in [3.05, 3.63) is 80.8 Å². The lowest BCUT2D eigenvalue weighted by Gasteiger charge is -2.09. The Bertz CT molecular complexity index is 1330. The number of benzene rings is 2. The van der Waals surface area contributed by atoms with Gasteiger partial charge in [-0.3, -0.25) is 9.20 Å². The number of nitrogens with zero attached hydrogens (tertiary/aromatic N) is 3.